The van der Waals surface area contributed by atoms with E-state index in [1.807, 2.05) is 25.1 Å². The highest BCUT2D eigenvalue weighted by atomic mass is 32.1. The van der Waals surface area contributed by atoms with Gasteiger partial charge in [0.25, 0.3) is 0 Å². The summed E-state index contributed by atoms with van der Waals surface area (Å²) in [5.74, 6) is 0.834. The minimum absolute atomic E-state index is 0.201. The van der Waals surface area contributed by atoms with E-state index in [-0.39, 0.29) is 11.9 Å². The summed E-state index contributed by atoms with van der Waals surface area (Å²) in [6, 6.07) is 8.04. The van der Waals surface area contributed by atoms with Gasteiger partial charge in [0.2, 0.25) is 0 Å². The Kier molecular flexibility index (Phi) is 3.44. The minimum atomic E-state index is -0.316. The summed E-state index contributed by atoms with van der Waals surface area (Å²) in [6.07, 6.45) is 0.893. The summed E-state index contributed by atoms with van der Waals surface area (Å²) in [7, 11) is 1.39. The molecule has 0 radical (unpaired) electrons. The van der Waals surface area contributed by atoms with E-state index in [4.69, 9.17) is 9.47 Å². The van der Waals surface area contributed by atoms with E-state index in [0.29, 0.717) is 11.5 Å². The molecule has 0 aliphatic carbocycles. The number of hydrogen-bond donors (Lipinski definition) is 0. The molecule has 2 aromatic rings. The molecule has 0 spiro atoms. The number of esters is 1. The highest BCUT2D eigenvalue weighted by Crippen LogP contribution is 2.34. The largest absolute Gasteiger partial charge is 0.493 e. The van der Waals surface area contributed by atoms with Crippen LogP contribution in [-0.4, -0.2) is 24.7 Å². The van der Waals surface area contributed by atoms with Crippen LogP contribution in [0, 0.1) is 6.92 Å². The first-order chi connectivity index (χ1) is 9.69. The number of fused-ring (bicyclic) bond motifs is 1. The lowest BCUT2D eigenvalue weighted by Gasteiger charge is -2.23. The normalized spacial score (nSPS) is 17.2. The third kappa shape index (κ3) is 2.29. The quantitative estimate of drug-likeness (QED) is 0.798. The summed E-state index contributed by atoms with van der Waals surface area (Å²) in [5.41, 5.74) is 1.92. The first-order valence-electron chi connectivity index (χ1n) is 6.45. The summed E-state index contributed by atoms with van der Waals surface area (Å²) >= 11 is 1.41. The average Bonchev–Trinajstić information content (AvgIpc) is 2.88. The number of hydrogen-bond acceptors (Lipinski definition) is 5. The monoisotopic (exact) mass is 289 g/mol. The van der Waals surface area contributed by atoms with Crippen molar-refractivity contribution in [3.63, 3.8) is 0 Å². The number of carbonyl (C=O) groups excluding carboxylic acids is 1. The number of methoxy groups -OCH3 is 1. The van der Waals surface area contributed by atoms with Crippen molar-refractivity contribution in [2.75, 3.05) is 13.7 Å². The van der Waals surface area contributed by atoms with Gasteiger partial charge in [-0.1, -0.05) is 18.2 Å². The Hall–Kier alpha value is -1.88. The molecule has 3 rings (SSSR count). The molecule has 1 aliphatic rings. The number of benzene rings is 1. The predicted octanol–water partition coefficient (Wildman–Crippen LogP) is 2.96. The van der Waals surface area contributed by atoms with Gasteiger partial charge in [0.05, 0.1) is 19.4 Å². The zero-order valence-corrected chi connectivity index (χ0v) is 12.2. The van der Waals surface area contributed by atoms with Crippen molar-refractivity contribution in [2.45, 2.75) is 19.3 Å². The summed E-state index contributed by atoms with van der Waals surface area (Å²) < 4.78 is 10.6. The van der Waals surface area contributed by atoms with Crippen LogP contribution in [0.5, 0.6) is 5.75 Å². The third-order valence-corrected chi connectivity index (χ3v) is 4.71. The smallest absolute Gasteiger partial charge is 0.349 e. The maximum Gasteiger partial charge on any atom is 0.349 e. The van der Waals surface area contributed by atoms with E-state index in [1.165, 1.54) is 24.0 Å². The van der Waals surface area contributed by atoms with Gasteiger partial charge >= 0.3 is 5.97 Å². The Morgan fingerprint density at radius 2 is 2.25 bits per heavy atom. The summed E-state index contributed by atoms with van der Waals surface area (Å²) in [6.45, 7) is 2.44. The van der Waals surface area contributed by atoms with Gasteiger partial charge in [0.15, 0.2) is 0 Å². The first-order valence-corrected chi connectivity index (χ1v) is 7.27. The third-order valence-electron chi connectivity index (χ3n) is 3.41. The highest BCUT2D eigenvalue weighted by Gasteiger charge is 2.26. The Bertz CT molecular complexity index is 650. The lowest BCUT2D eigenvalue weighted by molar-refractivity contribution is 0.0605. The molecule has 0 N–H and O–H groups in total. The van der Waals surface area contributed by atoms with Crippen molar-refractivity contribution in [1.29, 1.82) is 0 Å². The van der Waals surface area contributed by atoms with Crippen molar-refractivity contribution >= 4 is 17.3 Å². The highest BCUT2D eigenvalue weighted by molar-refractivity contribution is 7.13. The number of carbonyl (C=O) groups is 1. The zero-order valence-electron chi connectivity index (χ0n) is 11.4. The molecule has 4 nitrogen and oxygen atoms in total. The number of aryl methyl sites for hydroxylation is 1. The fourth-order valence-corrected chi connectivity index (χ4v) is 3.43. The molecule has 0 bridgehead atoms. The molecular weight excluding hydrogens is 274 g/mol. The number of nitrogens with zero attached hydrogens (tertiary/aromatic N) is 1. The second kappa shape index (κ2) is 5.25. The molecule has 1 aliphatic heterocycles. The topological polar surface area (TPSA) is 48.4 Å². The van der Waals surface area contributed by atoms with E-state index < -0.39 is 0 Å². The fraction of sp³-hybridized carbons (Fsp3) is 0.333. The molecule has 1 aromatic heterocycles. The Balaban J connectivity index is 1.87. The summed E-state index contributed by atoms with van der Waals surface area (Å²) in [5, 5.41) is 0.942. The summed E-state index contributed by atoms with van der Waals surface area (Å²) in [4.78, 5) is 16.7. The molecule has 1 atom stereocenters. The minimum Gasteiger partial charge on any atom is -0.493 e. The van der Waals surface area contributed by atoms with Crippen molar-refractivity contribution in [2.24, 2.45) is 0 Å². The van der Waals surface area contributed by atoms with Crippen molar-refractivity contribution in [1.82, 2.24) is 4.98 Å². The van der Waals surface area contributed by atoms with Gasteiger partial charge in [-0.05, 0) is 25.0 Å². The van der Waals surface area contributed by atoms with Crippen LogP contribution in [0.2, 0.25) is 0 Å². The molecule has 0 saturated carbocycles. The van der Waals surface area contributed by atoms with E-state index >= 15 is 0 Å². The van der Waals surface area contributed by atoms with E-state index in [0.717, 1.165) is 22.9 Å². The number of rotatable bonds is 2. The van der Waals surface area contributed by atoms with Crippen LogP contribution in [0.3, 0.4) is 0 Å². The molecule has 104 valence electrons. The van der Waals surface area contributed by atoms with Crippen LogP contribution in [0.25, 0.3) is 0 Å². The molecule has 1 aromatic carbocycles. The van der Waals surface area contributed by atoms with Gasteiger partial charge in [-0.3, -0.25) is 0 Å². The number of thiazole rings is 1. The van der Waals surface area contributed by atoms with Crippen LogP contribution < -0.4 is 4.74 Å². The maximum atomic E-state index is 11.6. The second-order valence-corrected chi connectivity index (χ2v) is 5.81. The van der Waals surface area contributed by atoms with Crippen LogP contribution in [0.1, 0.15) is 31.9 Å². The van der Waals surface area contributed by atoms with Crippen molar-refractivity contribution in [3.05, 3.63) is 45.4 Å². The fourth-order valence-electron chi connectivity index (χ4n) is 2.36. The van der Waals surface area contributed by atoms with E-state index in [9.17, 15) is 4.79 Å². The van der Waals surface area contributed by atoms with Crippen LogP contribution in [0.4, 0.5) is 0 Å². The zero-order chi connectivity index (χ0) is 14.1. The van der Waals surface area contributed by atoms with Gasteiger partial charge in [0, 0.05) is 5.92 Å². The maximum absolute atomic E-state index is 11.6. The van der Waals surface area contributed by atoms with E-state index in [1.54, 1.807) is 0 Å². The SMILES string of the molecule is COC(=O)c1sc(C2COc3ccccc3C2)nc1C. The van der Waals surface area contributed by atoms with Gasteiger partial charge in [-0.25, -0.2) is 9.78 Å². The van der Waals surface area contributed by atoms with Crippen LogP contribution >= 0.6 is 11.3 Å². The molecule has 20 heavy (non-hydrogen) atoms. The molecule has 0 amide bonds. The standard InChI is InChI=1S/C15H15NO3S/c1-9-13(15(17)18-2)20-14(16-9)11-7-10-5-3-4-6-12(10)19-8-11/h3-6,11H,7-8H2,1-2H3. The van der Waals surface area contributed by atoms with Crippen LogP contribution in [-0.2, 0) is 11.2 Å². The molecule has 1 unspecified atom stereocenters. The molecule has 0 saturated heterocycles. The van der Waals surface area contributed by atoms with E-state index in [2.05, 4.69) is 11.1 Å². The van der Waals surface area contributed by atoms with Gasteiger partial charge in [-0.15, -0.1) is 11.3 Å². The molecule has 0 fully saturated rings. The molecular formula is C15H15NO3S. The second-order valence-electron chi connectivity index (χ2n) is 4.78. The molecule has 5 heteroatoms. The first kappa shape index (κ1) is 13.1. The number of para-hydroxylation sites is 1. The number of ether oxygens (including phenoxy) is 2. The lowest BCUT2D eigenvalue weighted by Crippen LogP contribution is -2.18. The van der Waals surface area contributed by atoms with Gasteiger partial charge in [0.1, 0.15) is 15.6 Å². The lowest BCUT2D eigenvalue weighted by atomic mass is 9.97. The Morgan fingerprint density at radius 1 is 1.45 bits per heavy atom. The Morgan fingerprint density at radius 3 is 3.05 bits per heavy atom. The average molecular weight is 289 g/mol. The Labute approximate surface area is 121 Å². The predicted molar refractivity (Wildman–Crippen MR) is 76.6 cm³/mol. The van der Waals surface area contributed by atoms with Crippen molar-refractivity contribution in [3.8, 4) is 5.75 Å². The van der Waals surface area contributed by atoms with Crippen molar-refractivity contribution < 1.29 is 14.3 Å². The molecule has 2 heterocycles. The van der Waals surface area contributed by atoms with Gasteiger partial charge in [-0.2, -0.15) is 0 Å². The van der Waals surface area contributed by atoms with Crippen LogP contribution in [0.15, 0.2) is 24.3 Å². The van der Waals surface area contributed by atoms with Gasteiger partial charge < -0.3 is 9.47 Å². The number of aromatic nitrogens is 1.